The van der Waals surface area contributed by atoms with Crippen LogP contribution in [0.3, 0.4) is 0 Å². The molecule has 1 saturated heterocycles. The van der Waals surface area contributed by atoms with E-state index in [4.69, 9.17) is 9.26 Å². The molecule has 1 aliphatic rings. The average Bonchev–Trinajstić information content (AvgIpc) is 3.46. The van der Waals surface area contributed by atoms with Crippen LogP contribution in [0.2, 0.25) is 0 Å². The third-order valence-corrected chi connectivity index (χ3v) is 5.92. The first-order valence-electron chi connectivity index (χ1n) is 11.2. The molecule has 168 valence electrons. The van der Waals surface area contributed by atoms with Gasteiger partial charge in [0.1, 0.15) is 5.69 Å². The number of hydrogen-bond acceptors (Lipinski definition) is 5. The molecule has 0 spiro atoms. The first kappa shape index (κ1) is 22.1. The summed E-state index contributed by atoms with van der Waals surface area (Å²) in [6, 6.07) is 16.0. The highest BCUT2D eigenvalue weighted by Gasteiger charge is 2.28. The van der Waals surface area contributed by atoms with Gasteiger partial charge < -0.3 is 19.1 Å². The fraction of sp³-hybridized carbons (Fsp3) is 0.385. The molecule has 1 aromatic heterocycles. The van der Waals surface area contributed by atoms with Gasteiger partial charge in [0.2, 0.25) is 5.88 Å². The van der Waals surface area contributed by atoms with Gasteiger partial charge in [-0.05, 0) is 44.9 Å². The Bertz CT molecular complexity index is 1070. The molecule has 2 heterocycles. The molecule has 1 amide bonds. The lowest BCUT2D eigenvalue weighted by molar-refractivity contribution is 0.0680. The summed E-state index contributed by atoms with van der Waals surface area (Å²) >= 11 is 0. The van der Waals surface area contributed by atoms with E-state index < -0.39 is 0 Å². The molecule has 0 unspecified atom stereocenters. The summed E-state index contributed by atoms with van der Waals surface area (Å²) in [4.78, 5) is 17.5. The highest BCUT2D eigenvalue weighted by atomic mass is 16.5. The topological polar surface area (TPSA) is 58.8 Å². The summed E-state index contributed by atoms with van der Waals surface area (Å²) in [5.41, 5.74) is 5.66. The van der Waals surface area contributed by atoms with Gasteiger partial charge in [0.05, 0.1) is 18.7 Å². The zero-order valence-corrected chi connectivity index (χ0v) is 19.1. The van der Waals surface area contributed by atoms with Crippen molar-refractivity contribution in [3.63, 3.8) is 0 Å². The minimum Gasteiger partial charge on any atom is -0.383 e. The molecule has 1 fully saturated rings. The van der Waals surface area contributed by atoms with Crippen molar-refractivity contribution in [2.24, 2.45) is 0 Å². The minimum atomic E-state index is -0.0190. The number of amides is 1. The first-order chi connectivity index (χ1) is 15.6. The number of carbonyl (C=O) groups is 1. The number of aromatic nitrogens is 1. The molecule has 2 aromatic carbocycles. The van der Waals surface area contributed by atoms with Crippen molar-refractivity contribution in [2.45, 2.75) is 33.2 Å². The molecule has 0 saturated carbocycles. The fourth-order valence-corrected chi connectivity index (χ4v) is 4.24. The van der Waals surface area contributed by atoms with Crippen molar-refractivity contribution >= 4 is 11.8 Å². The largest absolute Gasteiger partial charge is 0.383 e. The van der Waals surface area contributed by atoms with Crippen molar-refractivity contribution in [3.8, 4) is 11.3 Å². The molecule has 1 aliphatic heterocycles. The maximum atomic E-state index is 13.5. The van der Waals surface area contributed by atoms with Gasteiger partial charge in [0, 0.05) is 37.9 Å². The van der Waals surface area contributed by atoms with Gasteiger partial charge in [-0.15, -0.1) is 0 Å². The monoisotopic (exact) mass is 433 g/mol. The van der Waals surface area contributed by atoms with Gasteiger partial charge in [-0.2, -0.15) is 0 Å². The first-order valence-corrected chi connectivity index (χ1v) is 11.2. The number of carbonyl (C=O) groups excluding carboxylic acids is 1. The molecular weight excluding hydrogens is 402 g/mol. The number of anilines is 1. The number of rotatable bonds is 8. The van der Waals surface area contributed by atoms with Crippen molar-refractivity contribution in [2.75, 3.05) is 38.3 Å². The molecular formula is C26H31N3O3. The molecule has 0 aliphatic carbocycles. The number of hydrogen-bond donors (Lipinski definition) is 0. The number of methoxy groups -OCH3 is 1. The summed E-state index contributed by atoms with van der Waals surface area (Å²) in [5.74, 6) is 0.757. The van der Waals surface area contributed by atoms with Crippen LogP contribution < -0.4 is 4.90 Å². The summed E-state index contributed by atoms with van der Waals surface area (Å²) in [6.45, 7) is 7.31. The number of aryl methyl sites for hydroxylation is 2. The van der Waals surface area contributed by atoms with E-state index in [0.29, 0.717) is 25.3 Å². The SMILES string of the molecule is COCCN(Cc1c(-c2cccc(C)c2)noc1N1CCCC1)C(=O)c1cccc(C)c1. The molecule has 0 N–H and O–H groups in total. The normalized spacial score (nSPS) is 13.5. The molecule has 6 nitrogen and oxygen atoms in total. The van der Waals surface area contributed by atoms with Crippen LogP contribution in [-0.4, -0.2) is 49.3 Å². The van der Waals surface area contributed by atoms with Gasteiger partial charge in [0.15, 0.2) is 0 Å². The van der Waals surface area contributed by atoms with Gasteiger partial charge in [-0.1, -0.05) is 46.6 Å². The highest BCUT2D eigenvalue weighted by Crippen LogP contribution is 2.34. The molecule has 4 rings (SSSR count). The molecule has 3 aromatic rings. The van der Waals surface area contributed by atoms with E-state index in [1.54, 1.807) is 7.11 Å². The average molecular weight is 434 g/mol. The smallest absolute Gasteiger partial charge is 0.254 e. The van der Waals surface area contributed by atoms with Crippen LogP contribution >= 0.6 is 0 Å². The molecule has 0 radical (unpaired) electrons. The van der Waals surface area contributed by atoms with E-state index in [1.165, 1.54) is 0 Å². The van der Waals surface area contributed by atoms with Crippen molar-refractivity contribution in [1.82, 2.24) is 10.1 Å². The minimum absolute atomic E-state index is 0.0190. The van der Waals surface area contributed by atoms with Crippen LogP contribution in [0.4, 0.5) is 5.88 Å². The van der Waals surface area contributed by atoms with E-state index in [1.807, 2.05) is 48.2 Å². The second-order valence-electron chi connectivity index (χ2n) is 8.47. The number of benzene rings is 2. The van der Waals surface area contributed by atoms with E-state index >= 15 is 0 Å². The second kappa shape index (κ2) is 10.0. The van der Waals surface area contributed by atoms with Crippen LogP contribution in [-0.2, 0) is 11.3 Å². The van der Waals surface area contributed by atoms with E-state index in [-0.39, 0.29) is 5.91 Å². The van der Waals surface area contributed by atoms with Crippen LogP contribution in [0.5, 0.6) is 0 Å². The van der Waals surface area contributed by atoms with Gasteiger partial charge in [-0.3, -0.25) is 4.79 Å². The van der Waals surface area contributed by atoms with E-state index in [2.05, 4.69) is 29.1 Å². The maximum absolute atomic E-state index is 13.5. The Morgan fingerprint density at radius 1 is 1.09 bits per heavy atom. The zero-order valence-electron chi connectivity index (χ0n) is 19.1. The summed E-state index contributed by atoms with van der Waals surface area (Å²) in [7, 11) is 1.66. The fourth-order valence-electron chi connectivity index (χ4n) is 4.24. The molecule has 0 atom stereocenters. The third kappa shape index (κ3) is 4.86. The standard InChI is InChI=1S/C26H31N3O3/c1-19-8-6-10-21(16-19)24-23(26(32-27-24)28-12-4-5-13-28)18-29(14-15-31-3)25(30)22-11-7-9-20(2)17-22/h6-11,16-17H,4-5,12-15,18H2,1-3H3. The lowest BCUT2D eigenvalue weighted by atomic mass is 10.0. The Kier molecular flexibility index (Phi) is 6.90. The number of nitrogens with zero attached hydrogens (tertiary/aromatic N) is 3. The zero-order chi connectivity index (χ0) is 22.5. The molecule has 6 heteroatoms. The number of ether oxygens (including phenoxy) is 1. The summed E-state index contributed by atoms with van der Waals surface area (Å²) in [6.07, 6.45) is 2.27. The molecule has 0 bridgehead atoms. The summed E-state index contributed by atoms with van der Waals surface area (Å²) < 4.78 is 11.2. The van der Waals surface area contributed by atoms with Crippen molar-refractivity contribution in [1.29, 1.82) is 0 Å². The van der Waals surface area contributed by atoms with Crippen LogP contribution in [0, 0.1) is 13.8 Å². The quantitative estimate of drug-likeness (QED) is 0.508. The Morgan fingerprint density at radius 2 is 1.81 bits per heavy atom. The lowest BCUT2D eigenvalue weighted by Crippen LogP contribution is -2.34. The van der Waals surface area contributed by atoms with Crippen LogP contribution in [0.1, 0.15) is 39.9 Å². The Morgan fingerprint density at radius 3 is 2.50 bits per heavy atom. The van der Waals surface area contributed by atoms with Gasteiger partial charge >= 0.3 is 0 Å². The van der Waals surface area contributed by atoms with Crippen molar-refractivity contribution in [3.05, 3.63) is 70.8 Å². The predicted octanol–water partition coefficient (Wildman–Crippen LogP) is 4.85. The maximum Gasteiger partial charge on any atom is 0.254 e. The lowest BCUT2D eigenvalue weighted by Gasteiger charge is -2.24. The Balaban J connectivity index is 1.73. The molecule has 32 heavy (non-hydrogen) atoms. The third-order valence-electron chi connectivity index (χ3n) is 5.92. The highest BCUT2D eigenvalue weighted by molar-refractivity contribution is 5.94. The second-order valence-corrected chi connectivity index (χ2v) is 8.47. The Hall–Kier alpha value is -3.12. The van der Waals surface area contributed by atoms with Crippen LogP contribution in [0.15, 0.2) is 53.1 Å². The van der Waals surface area contributed by atoms with Crippen molar-refractivity contribution < 1.29 is 14.1 Å². The van der Waals surface area contributed by atoms with Crippen LogP contribution in [0.25, 0.3) is 11.3 Å². The van der Waals surface area contributed by atoms with E-state index in [0.717, 1.165) is 59.8 Å². The van der Waals surface area contributed by atoms with Gasteiger partial charge in [-0.25, -0.2) is 0 Å². The van der Waals surface area contributed by atoms with Gasteiger partial charge in [0.25, 0.3) is 5.91 Å². The van der Waals surface area contributed by atoms with E-state index in [9.17, 15) is 4.79 Å². The Labute approximate surface area is 189 Å². The predicted molar refractivity (Wildman–Crippen MR) is 126 cm³/mol. The summed E-state index contributed by atoms with van der Waals surface area (Å²) in [5, 5.41) is 4.47.